The summed E-state index contributed by atoms with van der Waals surface area (Å²) < 4.78 is 10.5. The number of piperidine rings is 1. The van der Waals surface area contributed by atoms with Gasteiger partial charge in [-0.15, -0.1) is 0 Å². The number of rotatable bonds is 3. The highest BCUT2D eigenvalue weighted by Crippen LogP contribution is 2.33. The summed E-state index contributed by atoms with van der Waals surface area (Å²) in [6, 6.07) is 5.94. The number of nitrogens with one attached hydrogen (secondary N) is 1. The molecule has 1 saturated heterocycles. The van der Waals surface area contributed by atoms with Gasteiger partial charge in [0.25, 0.3) is 0 Å². The first-order valence-electron chi connectivity index (χ1n) is 5.88. The zero-order chi connectivity index (χ0) is 12.3. The van der Waals surface area contributed by atoms with Crippen molar-refractivity contribution in [3.8, 4) is 11.5 Å². The summed E-state index contributed by atoms with van der Waals surface area (Å²) in [5, 5.41) is 13.1. The number of aliphatic hydroxyl groups excluding tert-OH is 1. The molecule has 0 spiro atoms. The predicted molar refractivity (Wildman–Crippen MR) is 65.5 cm³/mol. The fraction of sp³-hybridized carbons (Fsp3) is 0.538. The maximum Gasteiger partial charge on any atom is 0.127 e. The summed E-state index contributed by atoms with van der Waals surface area (Å²) in [5.74, 6) is 1.58. The van der Waals surface area contributed by atoms with Crippen molar-refractivity contribution in [2.24, 2.45) is 0 Å². The Morgan fingerprint density at radius 1 is 1.29 bits per heavy atom. The van der Waals surface area contributed by atoms with E-state index in [4.69, 9.17) is 9.47 Å². The summed E-state index contributed by atoms with van der Waals surface area (Å²) in [6.07, 6.45) is 1.31. The Balaban J connectivity index is 2.24. The van der Waals surface area contributed by atoms with Gasteiger partial charge in [-0.2, -0.15) is 0 Å². The number of methoxy groups -OCH3 is 2. The van der Waals surface area contributed by atoms with Gasteiger partial charge in [0.15, 0.2) is 0 Å². The van der Waals surface area contributed by atoms with Crippen LogP contribution >= 0.6 is 0 Å². The van der Waals surface area contributed by atoms with Crippen LogP contribution in [0, 0.1) is 0 Å². The molecule has 4 nitrogen and oxygen atoms in total. The fourth-order valence-electron chi connectivity index (χ4n) is 2.24. The van der Waals surface area contributed by atoms with Gasteiger partial charge < -0.3 is 19.9 Å². The van der Waals surface area contributed by atoms with Crippen molar-refractivity contribution in [3.63, 3.8) is 0 Å². The van der Waals surface area contributed by atoms with Gasteiger partial charge in [0.1, 0.15) is 11.5 Å². The zero-order valence-corrected chi connectivity index (χ0v) is 10.3. The summed E-state index contributed by atoms with van der Waals surface area (Å²) in [6.45, 7) is 0.834. The molecule has 1 aliphatic rings. The molecule has 2 atom stereocenters. The van der Waals surface area contributed by atoms with Crippen LogP contribution in [0.1, 0.15) is 24.4 Å². The van der Waals surface area contributed by atoms with Crippen LogP contribution in [-0.2, 0) is 0 Å². The number of ether oxygens (including phenoxy) is 2. The number of hydrogen-bond acceptors (Lipinski definition) is 4. The predicted octanol–water partition coefficient (Wildman–Crippen LogP) is 1.49. The molecule has 1 aromatic carbocycles. The van der Waals surface area contributed by atoms with Gasteiger partial charge in [-0.05, 0) is 25.5 Å². The number of hydrogen-bond donors (Lipinski definition) is 2. The topological polar surface area (TPSA) is 50.7 Å². The van der Waals surface area contributed by atoms with Crippen molar-refractivity contribution in [1.29, 1.82) is 0 Å². The third-order valence-corrected chi connectivity index (χ3v) is 3.19. The van der Waals surface area contributed by atoms with Gasteiger partial charge in [-0.3, -0.25) is 0 Å². The van der Waals surface area contributed by atoms with Crippen molar-refractivity contribution in [2.75, 3.05) is 20.8 Å². The van der Waals surface area contributed by atoms with E-state index in [1.807, 2.05) is 18.2 Å². The molecule has 0 aromatic heterocycles. The van der Waals surface area contributed by atoms with E-state index in [1.165, 1.54) is 0 Å². The van der Waals surface area contributed by atoms with Crippen LogP contribution in [0.4, 0.5) is 0 Å². The van der Waals surface area contributed by atoms with Crippen molar-refractivity contribution in [1.82, 2.24) is 5.32 Å². The molecular weight excluding hydrogens is 218 g/mol. The van der Waals surface area contributed by atoms with E-state index in [9.17, 15) is 5.11 Å². The Morgan fingerprint density at radius 3 is 2.76 bits per heavy atom. The number of aliphatic hydroxyl groups is 1. The van der Waals surface area contributed by atoms with E-state index < -0.39 is 0 Å². The Bertz CT molecular complexity index is 381. The van der Waals surface area contributed by atoms with Crippen LogP contribution in [0.25, 0.3) is 0 Å². The van der Waals surface area contributed by atoms with Crippen molar-refractivity contribution in [2.45, 2.75) is 25.0 Å². The fourth-order valence-corrected chi connectivity index (χ4v) is 2.24. The monoisotopic (exact) mass is 237 g/mol. The standard InChI is InChI=1S/C13H19NO3/c1-16-10-3-4-11(13(8-10)17-2)12-7-9(15)5-6-14-12/h3-4,8-9,12,14-15H,5-7H2,1-2H3. The van der Waals surface area contributed by atoms with E-state index in [-0.39, 0.29) is 12.1 Å². The van der Waals surface area contributed by atoms with E-state index in [2.05, 4.69) is 5.32 Å². The maximum atomic E-state index is 9.70. The first kappa shape index (κ1) is 12.2. The van der Waals surface area contributed by atoms with Gasteiger partial charge >= 0.3 is 0 Å². The van der Waals surface area contributed by atoms with Gasteiger partial charge in [0.2, 0.25) is 0 Å². The molecule has 0 bridgehead atoms. The van der Waals surface area contributed by atoms with Crippen LogP contribution in [0.15, 0.2) is 18.2 Å². The normalized spacial score (nSPS) is 24.4. The van der Waals surface area contributed by atoms with Gasteiger partial charge in [-0.25, -0.2) is 0 Å². The second-order valence-electron chi connectivity index (χ2n) is 4.29. The summed E-state index contributed by atoms with van der Waals surface area (Å²) in [5.41, 5.74) is 1.08. The highest BCUT2D eigenvalue weighted by atomic mass is 16.5. The molecule has 0 aliphatic carbocycles. The van der Waals surface area contributed by atoms with Crippen LogP contribution in [0.3, 0.4) is 0 Å². The third-order valence-electron chi connectivity index (χ3n) is 3.19. The molecule has 4 heteroatoms. The minimum absolute atomic E-state index is 0.152. The minimum atomic E-state index is -0.229. The molecule has 17 heavy (non-hydrogen) atoms. The summed E-state index contributed by atoms with van der Waals surface area (Å²) in [7, 11) is 3.29. The SMILES string of the molecule is COc1ccc(C2CC(O)CCN2)c(OC)c1. The molecule has 1 heterocycles. The molecule has 2 N–H and O–H groups in total. The molecule has 1 aromatic rings. The van der Waals surface area contributed by atoms with Crippen LogP contribution in [-0.4, -0.2) is 32.0 Å². The van der Waals surface area contributed by atoms with Gasteiger partial charge in [0, 0.05) is 17.7 Å². The zero-order valence-electron chi connectivity index (χ0n) is 10.3. The lowest BCUT2D eigenvalue weighted by Gasteiger charge is -2.28. The largest absolute Gasteiger partial charge is 0.497 e. The quantitative estimate of drug-likeness (QED) is 0.836. The summed E-state index contributed by atoms with van der Waals surface area (Å²) >= 11 is 0. The Hall–Kier alpha value is -1.26. The maximum absolute atomic E-state index is 9.70. The smallest absolute Gasteiger partial charge is 0.127 e. The minimum Gasteiger partial charge on any atom is -0.497 e. The lowest BCUT2D eigenvalue weighted by atomic mass is 9.95. The molecule has 0 saturated carbocycles. The van der Waals surface area contributed by atoms with Crippen LogP contribution < -0.4 is 14.8 Å². The Morgan fingerprint density at radius 2 is 2.12 bits per heavy atom. The van der Waals surface area contributed by atoms with E-state index in [1.54, 1.807) is 14.2 Å². The van der Waals surface area contributed by atoms with E-state index >= 15 is 0 Å². The van der Waals surface area contributed by atoms with Crippen LogP contribution in [0.5, 0.6) is 11.5 Å². The molecule has 94 valence electrons. The Kier molecular flexibility index (Phi) is 3.86. The van der Waals surface area contributed by atoms with Gasteiger partial charge in [0.05, 0.1) is 20.3 Å². The molecule has 0 amide bonds. The first-order valence-corrected chi connectivity index (χ1v) is 5.88. The van der Waals surface area contributed by atoms with Crippen LogP contribution in [0.2, 0.25) is 0 Å². The van der Waals surface area contributed by atoms with Gasteiger partial charge in [-0.1, -0.05) is 6.07 Å². The van der Waals surface area contributed by atoms with Crippen molar-refractivity contribution >= 4 is 0 Å². The second kappa shape index (κ2) is 5.38. The third kappa shape index (κ3) is 2.70. The van der Waals surface area contributed by atoms with Crippen molar-refractivity contribution in [3.05, 3.63) is 23.8 Å². The number of benzene rings is 1. The average molecular weight is 237 g/mol. The highest BCUT2D eigenvalue weighted by Gasteiger charge is 2.23. The molecule has 2 rings (SSSR count). The lowest BCUT2D eigenvalue weighted by molar-refractivity contribution is 0.116. The second-order valence-corrected chi connectivity index (χ2v) is 4.29. The molecule has 1 fully saturated rings. The molecule has 1 aliphatic heterocycles. The lowest BCUT2D eigenvalue weighted by Crippen LogP contribution is -2.34. The molecule has 0 radical (unpaired) electrons. The Labute approximate surface area is 102 Å². The molecule has 2 unspecified atom stereocenters. The first-order chi connectivity index (χ1) is 8.24. The van der Waals surface area contributed by atoms with E-state index in [0.717, 1.165) is 36.4 Å². The van der Waals surface area contributed by atoms with Crippen molar-refractivity contribution < 1.29 is 14.6 Å². The molecular formula is C13H19NO3. The summed E-state index contributed by atoms with van der Waals surface area (Å²) in [4.78, 5) is 0. The van der Waals surface area contributed by atoms with E-state index in [0.29, 0.717) is 0 Å². The average Bonchev–Trinajstić information content (AvgIpc) is 2.38. The highest BCUT2D eigenvalue weighted by molar-refractivity contribution is 5.42.